The van der Waals surface area contributed by atoms with Crippen LogP contribution in [0.15, 0.2) is 47.7 Å². The van der Waals surface area contributed by atoms with E-state index in [4.69, 9.17) is 4.74 Å². The highest BCUT2D eigenvalue weighted by atomic mass is 19.1. The van der Waals surface area contributed by atoms with Crippen LogP contribution in [0.1, 0.15) is 34.8 Å². The number of aromatic nitrogens is 2. The van der Waals surface area contributed by atoms with E-state index < -0.39 is 23.3 Å². The van der Waals surface area contributed by atoms with Crippen LogP contribution in [0, 0.1) is 11.0 Å². The van der Waals surface area contributed by atoms with Gasteiger partial charge in [-0.05, 0) is 31.0 Å². The number of benzene rings is 1. The Hall–Kier alpha value is -4.15. The van der Waals surface area contributed by atoms with E-state index in [1.54, 1.807) is 27.7 Å². The molecule has 0 bridgehead atoms. The maximum absolute atomic E-state index is 15.1. The molecule has 2 aliphatic rings. The monoisotopic (exact) mass is 482 g/mol. The van der Waals surface area contributed by atoms with E-state index in [0.717, 1.165) is 18.9 Å². The van der Waals surface area contributed by atoms with Gasteiger partial charge >= 0.3 is 12.1 Å². The molecule has 1 aromatic carbocycles. The average molecular weight is 482 g/mol. The van der Waals surface area contributed by atoms with Gasteiger partial charge in [-0.2, -0.15) is 4.73 Å². The number of piperazine rings is 1. The van der Waals surface area contributed by atoms with Gasteiger partial charge < -0.3 is 29.4 Å². The van der Waals surface area contributed by atoms with Crippen molar-refractivity contribution < 1.29 is 28.6 Å². The molecule has 0 radical (unpaired) electrons. The minimum absolute atomic E-state index is 0.0293. The number of hydrogen-bond acceptors (Lipinski definition) is 6. The van der Waals surface area contributed by atoms with Gasteiger partial charge in [0.1, 0.15) is 18.0 Å². The minimum Gasteiger partial charge on any atom is -0.619 e. The van der Waals surface area contributed by atoms with E-state index in [1.807, 2.05) is 0 Å². The van der Waals surface area contributed by atoms with Gasteiger partial charge in [0.2, 0.25) is 5.43 Å². The highest BCUT2D eigenvalue weighted by molar-refractivity contribution is 5.93. The molecule has 3 aromatic rings. The summed E-state index contributed by atoms with van der Waals surface area (Å²) >= 11 is 0. The summed E-state index contributed by atoms with van der Waals surface area (Å²) in [4.78, 5) is 39.9. The lowest BCUT2D eigenvalue weighted by atomic mass is 10.1. The number of ether oxygens (including phenoxy) is 1. The Balaban J connectivity index is 1.32. The van der Waals surface area contributed by atoms with Crippen LogP contribution >= 0.6 is 0 Å². The quantitative estimate of drug-likeness (QED) is 0.438. The minimum atomic E-state index is -1.33. The fraction of sp³-hybridized carbons (Fsp3) is 0.333. The molecule has 1 saturated heterocycles. The second kappa shape index (κ2) is 8.90. The molecule has 11 heteroatoms. The number of carboxylic acids is 1. The van der Waals surface area contributed by atoms with E-state index in [9.17, 15) is 24.7 Å². The third kappa shape index (κ3) is 4.48. The summed E-state index contributed by atoms with van der Waals surface area (Å²) in [6, 6.07) is 6.04. The average Bonchev–Trinajstić information content (AvgIpc) is 3.68. The second-order valence-electron chi connectivity index (χ2n) is 8.74. The molecule has 0 unspecified atom stereocenters. The molecule has 1 aliphatic heterocycles. The van der Waals surface area contributed by atoms with Crippen molar-refractivity contribution in [1.29, 1.82) is 0 Å². The smallest absolute Gasteiger partial charge is 0.410 e. The predicted octanol–water partition coefficient (Wildman–Crippen LogP) is 2.27. The molecule has 3 heterocycles. The van der Waals surface area contributed by atoms with Crippen molar-refractivity contribution in [2.75, 3.05) is 31.1 Å². The van der Waals surface area contributed by atoms with Crippen molar-refractivity contribution in [2.24, 2.45) is 0 Å². The van der Waals surface area contributed by atoms with Gasteiger partial charge in [-0.1, -0.05) is 0 Å². The number of halogens is 1. The number of anilines is 1. The zero-order valence-electron chi connectivity index (χ0n) is 18.7. The van der Waals surface area contributed by atoms with Crippen LogP contribution in [0.3, 0.4) is 0 Å². The van der Waals surface area contributed by atoms with Crippen LogP contribution in [0.5, 0.6) is 0 Å². The SMILES string of the molecule is O=C(O)c1cn(C2CC2)c2cc(N3CCN(C(=O)OCc4ccc[n+]([O-])c4)CC3)c(F)cc2c1=O. The number of amides is 1. The molecule has 1 saturated carbocycles. The highest BCUT2D eigenvalue weighted by Gasteiger charge is 2.29. The molecule has 35 heavy (non-hydrogen) atoms. The summed E-state index contributed by atoms with van der Waals surface area (Å²) in [5.41, 5.74) is 0.291. The lowest BCUT2D eigenvalue weighted by Gasteiger charge is -2.35. The first kappa shape index (κ1) is 22.6. The number of nitrogens with zero attached hydrogens (tertiary/aromatic N) is 4. The molecule has 182 valence electrons. The van der Waals surface area contributed by atoms with Crippen LogP contribution in [0.2, 0.25) is 0 Å². The number of fused-ring (bicyclic) bond motifs is 1. The maximum Gasteiger partial charge on any atom is 0.410 e. The molecule has 1 N–H and O–H groups in total. The number of carboxylic acid groups (broad SMARTS) is 1. The topological polar surface area (TPSA) is 119 Å². The van der Waals surface area contributed by atoms with Crippen molar-refractivity contribution in [3.05, 3.63) is 75.2 Å². The summed E-state index contributed by atoms with van der Waals surface area (Å²) in [5.74, 6) is -1.95. The van der Waals surface area contributed by atoms with Crippen molar-refractivity contribution in [3.63, 3.8) is 0 Å². The van der Waals surface area contributed by atoms with E-state index >= 15 is 4.39 Å². The van der Waals surface area contributed by atoms with Crippen molar-refractivity contribution in [3.8, 4) is 0 Å². The number of carbonyl (C=O) groups is 2. The third-order valence-corrected chi connectivity index (χ3v) is 6.35. The number of carbonyl (C=O) groups excluding carboxylic acids is 1. The zero-order chi connectivity index (χ0) is 24.7. The lowest BCUT2D eigenvalue weighted by Crippen LogP contribution is -2.49. The first-order valence-corrected chi connectivity index (χ1v) is 11.3. The summed E-state index contributed by atoms with van der Waals surface area (Å²) in [6.45, 7) is 1.28. The standard InChI is InChI=1S/C24H23FN4O6/c25-19-10-17-20(29(16-3-4-16)13-18(22(17)30)23(31)32)11-21(19)26-6-8-27(9-7-26)24(33)35-14-15-2-1-5-28(34)12-15/h1-2,5,10-13,16H,3-4,6-9,14H2,(H,31,32). The van der Waals surface area contributed by atoms with Gasteiger partial charge in [-0.25, -0.2) is 14.0 Å². The molecule has 2 aromatic heterocycles. The van der Waals surface area contributed by atoms with Crippen LogP contribution in [-0.2, 0) is 11.3 Å². The second-order valence-corrected chi connectivity index (χ2v) is 8.74. The Labute approximate surface area is 198 Å². The molecular formula is C24H23FN4O6. The number of pyridine rings is 2. The fourth-order valence-electron chi connectivity index (χ4n) is 4.36. The van der Waals surface area contributed by atoms with Crippen LogP contribution in [0.25, 0.3) is 10.9 Å². The van der Waals surface area contributed by atoms with Crippen LogP contribution in [-0.4, -0.2) is 52.8 Å². The number of aromatic carboxylic acids is 1. The Kier molecular flexibility index (Phi) is 5.75. The van der Waals surface area contributed by atoms with Crippen molar-refractivity contribution >= 4 is 28.7 Å². The van der Waals surface area contributed by atoms with E-state index in [0.29, 0.717) is 47.7 Å². The molecule has 1 amide bonds. The molecule has 0 atom stereocenters. The molecule has 10 nitrogen and oxygen atoms in total. The largest absolute Gasteiger partial charge is 0.619 e. The molecule has 2 fully saturated rings. The highest BCUT2D eigenvalue weighted by Crippen LogP contribution is 2.38. The van der Waals surface area contributed by atoms with E-state index in [-0.39, 0.29) is 23.6 Å². The normalized spacial score (nSPS) is 15.9. The first-order valence-electron chi connectivity index (χ1n) is 11.3. The van der Waals surface area contributed by atoms with Crippen molar-refractivity contribution in [2.45, 2.75) is 25.5 Å². The summed E-state index contributed by atoms with van der Waals surface area (Å²) in [7, 11) is 0. The number of rotatable bonds is 5. The third-order valence-electron chi connectivity index (χ3n) is 6.35. The van der Waals surface area contributed by atoms with E-state index in [1.165, 1.54) is 23.5 Å². The fourth-order valence-corrected chi connectivity index (χ4v) is 4.36. The van der Waals surface area contributed by atoms with Gasteiger partial charge in [0.15, 0.2) is 12.4 Å². The van der Waals surface area contributed by atoms with Crippen LogP contribution < -0.4 is 15.1 Å². The Bertz CT molecular complexity index is 1380. The van der Waals surface area contributed by atoms with Gasteiger partial charge in [-0.15, -0.1) is 0 Å². The van der Waals surface area contributed by atoms with Crippen LogP contribution in [0.4, 0.5) is 14.9 Å². The first-order chi connectivity index (χ1) is 16.8. The summed E-state index contributed by atoms with van der Waals surface area (Å²) in [5, 5.41) is 20.8. The molecule has 0 spiro atoms. The molecular weight excluding hydrogens is 459 g/mol. The maximum atomic E-state index is 15.1. The Morgan fingerprint density at radius 3 is 2.60 bits per heavy atom. The number of hydrogen-bond donors (Lipinski definition) is 1. The van der Waals surface area contributed by atoms with Gasteiger partial charge in [0, 0.05) is 49.9 Å². The Morgan fingerprint density at radius 2 is 1.94 bits per heavy atom. The van der Waals surface area contributed by atoms with Crippen molar-refractivity contribution in [1.82, 2.24) is 9.47 Å². The Morgan fingerprint density at radius 1 is 1.20 bits per heavy atom. The molecule has 1 aliphatic carbocycles. The predicted molar refractivity (Wildman–Crippen MR) is 123 cm³/mol. The summed E-state index contributed by atoms with van der Waals surface area (Å²) < 4.78 is 22.8. The van der Waals surface area contributed by atoms with Gasteiger partial charge in [-0.3, -0.25) is 4.79 Å². The zero-order valence-corrected chi connectivity index (χ0v) is 18.7. The van der Waals surface area contributed by atoms with E-state index in [2.05, 4.69) is 0 Å². The van der Waals surface area contributed by atoms with Gasteiger partial charge in [0.05, 0.1) is 16.8 Å². The summed E-state index contributed by atoms with van der Waals surface area (Å²) in [6.07, 6.45) is 5.22. The van der Waals surface area contributed by atoms with Gasteiger partial charge in [0.25, 0.3) is 0 Å². The molecule has 5 rings (SSSR count). The lowest BCUT2D eigenvalue weighted by molar-refractivity contribution is -0.606.